The third-order valence-electron chi connectivity index (χ3n) is 1.87. The number of fused-ring (bicyclic) bond motifs is 1. The van der Waals surface area contributed by atoms with Crippen LogP contribution in [-0.4, -0.2) is 8.75 Å². The first-order valence-electron chi connectivity index (χ1n) is 3.71. The molecule has 1 heterocycles. The Morgan fingerprint density at radius 3 is 1.85 bits per heavy atom. The van der Waals surface area contributed by atoms with Gasteiger partial charge < -0.3 is 0 Å². The van der Waals surface area contributed by atoms with E-state index < -0.39 is 0 Å². The molecule has 2 nitrogen and oxygen atoms in total. The first-order chi connectivity index (χ1) is 6.36. The molecule has 0 aliphatic heterocycles. The molecule has 0 radical (unpaired) electrons. The van der Waals surface area contributed by atoms with Crippen LogP contribution in [0.5, 0.6) is 0 Å². The average Bonchev–Trinajstić information content (AvgIpc) is 2.64. The Hall–Kier alpha value is -0.380. The molecule has 0 spiro atoms. The molecular formula is C8H6Cl2N2S. The van der Waals surface area contributed by atoms with Gasteiger partial charge in [0.2, 0.25) is 0 Å². The summed E-state index contributed by atoms with van der Waals surface area (Å²) in [4.78, 5) is 0. The Balaban J connectivity index is 2.74. The highest BCUT2D eigenvalue weighted by Gasteiger charge is 2.08. The minimum atomic E-state index is 0.463. The summed E-state index contributed by atoms with van der Waals surface area (Å²) in [6.07, 6.45) is 0. The quantitative estimate of drug-likeness (QED) is 0.744. The Morgan fingerprint density at radius 2 is 1.46 bits per heavy atom. The van der Waals surface area contributed by atoms with Crippen molar-refractivity contribution in [1.29, 1.82) is 0 Å². The Kier molecular flexibility index (Phi) is 2.67. The molecule has 0 fully saturated rings. The molecule has 1 aromatic carbocycles. The van der Waals surface area contributed by atoms with Gasteiger partial charge in [0.05, 0.1) is 11.7 Å². The molecule has 0 saturated carbocycles. The smallest absolute Gasteiger partial charge is 0.109 e. The second-order valence-corrected chi connectivity index (χ2v) is 3.68. The van der Waals surface area contributed by atoms with Crippen LogP contribution in [0, 0.1) is 0 Å². The first-order valence-corrected chi connectivity index (χ1v) is 5.51. The Morgan fingerprint density at radius 1 is 1.00 bits per heavy atom. The van der Waals surface area contributed by atoms with Crippen molar-refractivity contribution >= 4 is 46.0 Å². The van der Waals surface area contributed by atoms with Gasteiger partial charge in [0.1, 0.15) is 11.0 Å². The van der Waals surface area contributed by atoms with Gasteiger partial charge in [-0.25, -0.2) is 0 Å². The van der Waals surface area contributed by atoms with E-state index in [0.717, 1.165) is 22.2 Å². The van der Waals surface area contributed by atoms with E-state index in [4.69, 9.17) is 23.2 Å². The largest absolute Gasteiger partial charge is 0.173 e. The molecule has 0 bridgehead atoms. The summed E-state index contributed by atoms with van der Waals surface area (Å²) in [7, 11) is 0. The van der Waals surface area contributed by atoms with Crippen molar-refractivity contribution in [3.63, 3.8) is 0 Å². The van der Waals surface area contributed by atoms with E-state index >= 15 is 0 Å². The summed E-state index contributed by atoms with van der Waals surface area (Å²) in [6, 6.07) is 3.91. The maximum atomic E-state index is 5.76. The van der Waals surface area contributed by atoms with Crippen molar-refractivity contribution in [3.8, 4) is 0 Å². The topological polar surface area (TPSA) is 25.8 Å². The monoisotopic (exact) mass is 232 g/mol. The van der Waals surface area contributed by atoms with Gasteiger partial charge >= 0.3 is 0 Å². The standard InChI is InChI=1S/C8H6Cl2N2S/c9-3-5-1-2-6(4-10)8-7(5)11-13-12-8/h1-2H,3-4H2. The molecule has 0 aliphatic rings. The normalized spacial score (nSPS) is 10.9. The van der Waals surface area contributed by atoms with Gasteiger partial charge in [-0.2, -0.15) is 8.75 Å². The molecule has 5 heteroatoms. The fraction of sp³-hybridized carbons (Fsp3) is 0.250. The molecule has 0 aliphatic carbocycles. The first kappa shape index (κ1) is 9.19. The molecule has 0 unspecified atom stereocenters. The van der Waals surface area contributed by atoms with E-state index in [9.17, 15) is 0 Å². The van der Waals surface area contributed by atoms with Crippen LogP contribution in [0.3, 0.4) is 0 Å². The minimum absolute atomic E-state index is 0.463. The highest BCUT2D eigenvalue weighted by Crippen LogP contribution is 2.23. The van der Waals surface area contributed by atoms with Crippen molar-refractivity contribution in [3.05, 3.63) is 23.3 Å². The van der Waals surface area contributed by atoms with Crippen LogP contribution in [-0.2, 0) is 11.8 Å². The van der Waals surface area contributed by atoms with Gasteiger partial charge in [0.25, 0.3) is 0 Å². The van der Waals surface area contributed by atoms with Gasteiger partial charge in [0, 0.05) is 11.8 Å². The van der Waals surface area contributed by atoms with Crippen LogP contribution in [0.4, 0.5) is 0 Å². The van der Waals surface area contributed by atoms with Crippen LogP contribution in [0.2, 0.25) is 0 Å². The lowest BCUT2D eigenvalue weighted by Gasteiger charge is -1.99. The highest BCUT2D eigenvalue weighted by molar-refractivity contribution is 7.00. The van der Waals surface area contributed by atoms with E-state index in [0.29, 0.717) is 11.8 Å². The number of hydrogen-bond donors (Lipinski definition) is 0. The van der Waals surface area contributed by atoms with Crippen LogP contribution >= 0.6 is 34.9 Å². The zero-order valence-corrected chi connectivity index (χ0v) is 8.96. The van der Waals surface area contributed by atoms with Gasteiger partial charge in [-0.15, -0.1) is 23.2 Å². The number of benzene rings is 1. The summed E-state index contributed by atoms with van der Waals surface area (Å²) >= 11 is 12.7. The SMILES string of the molecule is ClCc1ccc(CCl)c2nsnc12. The molecular weight excluding hydrogens is 227 g/mol. The maximum Gasteiger partial charge on any atom is 0.109 e. The van der Waals surface area contributed by atoms with E-state index in [2.05, 4.69) is 8.75 Å². The maximum absolute atomic E-state index is 5.76. The number of hydrogen-bond acceptors (Lipinski definition) is 3. The van der Waals surface area contributed by atoms with E-state index in [1.54, 1.807) is 0 Å². The van der Waals surface area contributed by atoms with E-state index in [-0.39, 0.29) is 0 Å². The molecule has 0 saturated heterocycles. The molecule has 1 aromatic heterocycles. The summed E-state index contributed by atoms with van der Waals surface area (Å²) in [5.41, 5.74) is 3.80. The zero-order valence-electron chi connectivity index (χ0n) is 6.63. The minimum Gasteiger partial charge on any atom is -0.173 e. The number of alkyl halides is 2. The lowest BCUT2D eigenvalue weighted by atomic mass is 10.1. The van der Waals surface area contributed by atoms with E-state index in [1.165, 1.54) is 11.7 Å². The average molecular weight is 233 g/mol. The second kappa shape index (κ2) is 3.78. The van der Waals surface area contributed by atoms with Crippen LogP contribution in [0.15, 0.2) is 12.1 Å². The molecule has 2 rings (SSSR count). The third kappa shape index (κ3) is 1.52. The number of halogens is 2. The van der Waals surface area contributed by atoms with Gasteiger partial charge in [-0.05, 0) is 11.1 Å². The highest BCUT2D eigenvalue weighted by atomic mass is 35.5. The van der Waals surface area contributed by atoms with Crippen molar-refractivity contribution in [2.24, 2.45) is 0 Å². The molecule has 13 heavy (non-hydrogen) atoms. The molecule has 0 atom stereocenters. The van der Waals surface area contributed by atoms with Crippen molar-refractivity contribution in [1.82, 2.24) is 8.75 Å². The van der Waals surface area contributed by atoms with Gasteiger partial charge in [-0.1, -0.05) is 12.1 Å². The van der Waals surface area contributed by atoms with Crippen LogP contribution < -0.4 is 0 Å². The second-order valence-electron chi connectivity index (χ2n) is 2.61. The molecule has 68 valence electrons. The number of rotatable bonds is 2. The lowest BCUT2D eigenvalue weighted by Crippen LogP contribution is -1.86. The summed E-state index contributed by atoms with van der Waals surface area (Å²) in [5, 5.41) is 0. The predicted molar refractivity (Wildman–Crippen MR) is 56.5 cm³/mol. The lowest BCUT2D eigenvalue weighted by molar-refractivity contribution is 1.36. The van der Waals surface area contributed by atoms with Crippen LogP contribution in [0.25, 0.3) is 11.0 Å². The predicted octanol–water partition coefficient (Wildman–Crippen LogP) is 3.17. The van der Waals surface area contributed by atoms with Gasteiger partial charge in [0.15, 0.2) is 0 Å². The zero-order chi connectivity index (χ0) is 9.26. The third-order valence-corrected chi connectivity index (χ3v) is 2.97. The molecule has 2 aromatic rings. The Bertz CT molecular complexity index is 389. The fourth-order valence-corrected chi connectivity index (χ4v) is 2.23. The summed E-state index contributed by atoms with van der Waals surface area (Å²) in [5.74, 6) is 0.926. The molecule has 0 N–H and O–H groups in total. The van der Waals surface area contributed by atoms with Crippen molar-refractivity contribution in [2.75, 3.05) is 0 Å². The van der Waals surface area contributed by atoms with Crippen molar-refractivity contribution < 1.29 is 0 Å². The Labute approximate surface area is 89.8 Å². The number of aromatic nitrogens is 2. The molecule has 0 amide bonds. The number of nitrogens with zero attached hydrogens (tertiary/aromatic N) is 2. The van der Waals surface area contributed by atoms with Gasteiger partial charge in [-0.3, -0.25) is 0 Å². The van der Waals surface area contributed by atoms with Crippen molar-refractivity contribution in [2.45, 2.75) is 11.8 Å². The summed E-state index contributed by atoms with van der Waals surface area (Å²) in [6.45, 7) is 0. The van der Waals surface area contributed by atoms with Crippen LogP contribution in [0.1, 0.15) is 11.1 Å². The fourth-order valence-electron chi connectivity index (χ4n) is 1.18. The van der Waals surface area contributed by atoms with E-state index in [1.807, 2.05) is 12.1 Å². The summed E-state index contributed by atoms with van der Waals surface area (Å²) < 4.78 is 8.37.